The first kappa shape index (κ1) is 8.02. The fourth-order valence-electron chi connectivity index (χ4n) is 0.680. The van der Waals surface area contributed by atoms with Crippen LogP contribution in [-0.4, -0.2) is 4.98 Å². The molecule has 0 atom stereocenters. The minimum Gasteiger partial charge on any atom is -0.256 e. The number of halogens is 1. The molecule has 0 N–H and O–H groups in total. The van der Waals surface area contributed by atoms with E-state index in [1.54, 1.807) is 6.20 Å². The Morgan fingerprint density at radius 1 is 1.36 bits per heavy atom. The zero-order valence-electron chi connectivity index (χ0n) is 6.05. The second-order valence-corrected chi connectivity index (χ2v) is 2.55. The molecule has 2 heteroatoms. The lowest BCUT2D eigenvalue weighted by molar-refractivity contribution is 1.28. The summed E-state index contributed by atoms with van der Waals surface area (Å²) >= 11 is 5.63. The molecule has 0 aliphatic carbocycles. The first-order chi connectivity index (χ1) is 5.22. The average molecular weight is 166 g/mol. The predicted octanol–water partition coefficient (Wildman–Crippen LogP) is 2.85. The van der Waals surface area contributed by atoms with Crippen molar-refractivity contribution in [1.82, 2.24) is 4.98 Å². The van der Waals surface area contributed by atoms with Gasteiger partial charge < -0.3 is 0 Å². The first-order valence-corrected chi connectivity index (χ1v) is 3.54. The lowest BCUT2D eigenvalue weighted by atomic mass is 10.2. The van der Waals surface area contributed by atoms with Crippen LogP contribution in [0.5, 0.6) is 0 Å². The number of rotatable bonds is 2. The van der Waals surface area contributed by atoms with Crippen molar-refractivity contribution < 1.29 is 0 Å². The molecule has 0 saturated heterocycles. The summed E-state index contributed by atoms with van der Waals surface area (Å²) in [6.45, 7) is 7.29. The summed E-state index contributed by atoms with van der Waals surface area (Å²) in [5, 5.41) is 0.434. The van der Waals surface area contributed by atoms with E-state index in [1.165, 1.54) is 0 Å². The van der Waals surface area contributed by atoms with Crippen LogP contribution in [0.1, 0.15) is 5.69 Å². The van der Waals surface area contributed by atoms with E-state index in [1.807, 2.05) is 18.2 Å². The minimum atomic E-state index is 0.434. The van der Waals surface area contributed by atoms with Gasteiger partial charge in [-0.15, -0.1) is 0 Å². The molecule has 0 amide bonds. The van der Waals surface area contributed by atoms with Crippen molar-refractivity contribution >= 4 is 17.2 Å². The summed E-state index contributed by atoms with van der Waals surface area (Å²) in [5.41, 5.74) is 1.44. The van der Waals surface area contributed by atoms with E-state index in [0.717, 1.165) is 5.69 Å². The third-order valence-corrected chi connectivity index (χ3v) is 1.53. The van der Waals surface area contributed by atoms with Crippen LogP contribution in [0.25, 0.3) is 5.57 Å². The third-order valence-electron chi connectivity index (χ3n) is 1.30. The molecular formula is C9H8ClN. The SMILES string of the molecule is C=C(Cl)C(=C)c1ccccn1. The van der Waals surface area contributed by atoms with E-state index in [2.05, 4.69) is 18.1 Å². The van der Waals surface area contributed by atoms with E-state index >= 15 is 0 Å². The van der Waals surface area contributed by atoms with E-state index in [9.17, 15) is 0 Å². The summed E-state index contributed by atoms with van der Waals surface area (Å²) < 4.78 is 0. The first-order valence-electron chi connectivity index (χ1n) is 3.17. The van der Waals surface area contributed by atoms with Gasteiger partial charge in [0.25, 0.3) is 0 Å². The van der Waals surface area contributed by atoms with E-state index in [4.69, 9.17) is 11.6 Å². The summed E-state index contributed by atoms with van der Waals surface area (Å²) in [6.07, 6.45) is 1.69. The van der Waals surface area contributed by atoms with Gasteiger partial charge in [-0.1, -0.05) is 30.8 Å². The van der Waals surface area contributed by atoms with Crippen LogP contribution in [0.15, 0.2) is 42.6 Å². The van der Waals surface area contributed by atoms with Crippen LogP contribution in [0.2, 0.25) is 0 Å². The molecule has 1 aromatic rings. The quantitative estimate of drug-likeness (QED) is 0.615. The lowest BCUT2D eigenvalue weighted by Gasteiger charge is -1.99. The van der Waals surface area contributed by atoms with Gasteiger partial charge in [0.05, 0.1) is 5.69 Å². The second-order valence-electron chi connectivity index (χ2n) is 2.10. The van der Waals surface area contributed by atoms with Crippen molar-refractivity contribution in [2.75, 3.05) is 0 Å². The van der Waals surface area contributed by atoms with Crippen LogP contribution >= 0.6 is 11.6 Å². The molecule has 0 bridgehead atoms. The Kier molecular flexibility index (Phi) is 2.44. The topological polar surface area (TPSA) is 12.9 Å². The van der Waals surface area contributed by atoms with Crippen LogP contribution in [0.4, 0.5) is 0 Å². The van der Waals surface area contributed by atoms with Crippen molar-refractivity contribution in [1.29, 1.82) is 0 Å². The monoisotopic (exact) mass is 165 g/mol. The molecule has 0 aliphatic rings. The van der Waals surface area contributed by atoms with Gasteiger partial charge in [0.2, 0.25) is 0 Å². The lowest BCUT2D eigenvalue weighted by Crippen LogP contribution is -1.84. The van der Waals surface area contributed by atoms with Gasteiger partial charge in [0, 0.05) is 16.8 Å². The fourth-order valence-corrected chi connectivity index (χ4v) is 0.777. The summed E-state index contributed by atoms with van der Waals surface area (Å²) in [6, 6.07) is 5.57. The highest BCUT2D eigenvalue weighted by Gasteiger charge is 1.99. The van der Waals surface area contributed by atoms with E-state index in [0.29, 0.717) is 10.6 Å². The maximum atomic E-state index is 5.63. The fraction of sp³-hybridized carbons (Fsp3) is 0. The maximum Gasteiger partial charge on any atom is 0.0710 e. The standard InChI is InChI=1S/C9H8ClN/c1-7(8(2)10)9-5-3-4-6-11-9/h3-6H,1-2H2. The maximum absolute atomic E-state index is 5.63. The van der Waals surface area contributed by atoms with Crippen LogP contribution < -0.4 is 0 Å². The van der Waals surface area contributed by atoms with Gasteiger partial charge in [-0.05, 0) is 12.1 Å². The third kappa shape index (κ3) is 1.92. The Labute approximate surface area is 71.0 Å². The van der Waals surface area contributed by atoms with Crippen molar-refractivity contribution in [2.45, 2.75) is 0 Å². The highest BCUT2D eigenvalue weighted by atomic mass is 35.5. The number of hydrogen-bond acceptors (Lipinski definition) is 1. The Morgan fingerprint density at radius 2 is 2.09 bits per heavy atom. The molecule has 0 aliphatic heterocycles. The smallest absolute Gasteiger partial charge is 0.0710 e. The molecule has 1 aromatic heterocycles. The Balaban J connectivity index is 2.95. The molecule has 0 fully saturated rings. The molecule has 1 rings (SSSR count). The molecule has 0 saturated carbocycles. The number of nitrogens with zero attached hydrogens (tertiary/aromatic N) is 1. The predicted molar refractivity (Wildman–Crippen MR) is 48.3 cm³/mol. The van der Waals surface area contributed by atoms with Crippen molar-refractivity contribution in [3.8, 4) is 0 Å². The van der Waals surface area contributed by atoms with E-state index in [-0.39, 0.29) is 0 Å². The largest absolute Gasteiger partial charge is 0.256 e. The van der Waals surface area contributed by atoms with E-state index < -0.39 is 0 Å². The van der Waals surface area contributed by atoms with Crippen LogP contribution in [0.3, 0.4) is 0 Å². The van der Waals surface area contributed by atoms with Gasteiger partial charge in [0.1, 0.15) is 0 Å². The summed E-state index contributed by atoms with van der Waals surface area (Å²) in [7, 11) is 0. The van der Waals surface area contributed by atoms with Crippen molar-refractivity contribution in [2.24, 2.45) is 0 Å². The normalized spacial score (nSPS) is 9.18. The van der Waals surface area contributed by atoms with Crippen molar-refractivity contribution in [3.63, 3.8) is 0 Å². The second kappa shape index (κ2) is 3.35. The molecule has 1 heterocycles. The number of hydrogen-bond donors (Lipinski definition) is 0. The Hall–Kier alpha value is -1.08. The number of allylic oxidation sites excluding steroid dienone is 2. The summed E-state index contributed by atoms with van der Waals surface area (Å²) in [4.78, 5) is 4.06. The molecule has 0 spiro atoms. The van der Waals surface area contributed by atoms with Gasteiger partial charge in [-0.25, -0.2) is 0 Å². The highest BCUT2D eigenvalue weighted by molar-refractivity contribution is 6.36. The van der Waals surface area contributed by atoms with Crippen LogP contribution in [-0.2, 0) is 0 Å². The molecular weight excluding hydrogens is 158 g/mol. The van der Waals surface area contributed by atoms with Gasteiger partial charge in [-0.3, -0.25) is 4.98 Å². The average Bonchev–Trinajstić information content (AvgIpc) is 2.05. The molecule has 1 nitrogen and oxygen atoms in total. The zero-order chi connectivity index (χ0) is 8.27. The van der Waals surface area contributed by atoms with Gasteiger partial charge in [0.15, 0.2) is 0 Å². The molecule has 0 unspecified atom stereocenters. The molecule has 0 radical (unpaired) electrons. The highest BCUT2D eigenvalue weighted by Crippen LogP contribution is 2.19. The zero-order valence-corrected chi connectivity index (χ0v) is 6.80. The Morgan fingerprint density at radius 3 is 2.55 bits per heavy atom. The van der Waals surface area contributed by atoms with Crippen LogP contribution in [0, 0.1) is 0 Å². The van der Waals surface area contributed by atoms with Gasteiger partial charge in [-0.2, -0.15) is 0 Å². The number of aromatic nitrogens is 1. The molecule has 0 aromatic carbocycles. The molecule has 11 heavy (non-hydrogen) atoms. The van der Waals surface area contributed by atoms with Gasteiger partial charge >= 0.3 is 0 Å². The number of pyridine rings is 1. The Bertz CT molecular complexity index is 277. The van der Waals surface area contributed by atoms with Crippen molar-refractivity contribution in [3.05, 3.63) is 48.3 Å². The summed E-state index contributed by atoms with van der Waals surface area (Å²) in [5.74, 6) is 0. The minimum absolute atomic E-state index is 0.434. The molecule has 56 valence electrons.